The summed E-state index contributed by atoms with van der Waals surface area (Å²) in [5.74, 6) is -0.140. The lowest BCUT2D eigenvalue weighted by Crippen LogP contribution is -2.28. The van der Waals surface area contributed by atoms with Gasteiger partial charge in [0.1, 0.15) is 5.75 Å². The van der Waals surface area contributed by atoms with Crippen molar-refractivity contribution in [1.29, 1.82) is 0 Å². The number of nitro benzene ring substituents is 1. The lowest BCUT2D eigenvalue weighted by molar-refractivity contribution is -0.384. The summed E-state index contributed by atoms with van der Waals surface area (Å²) in [6.45, 7) is 3.90. The minimum absolute atomic E-state index is 0.0908. The fraction of sp³-hybridized carbons (Fsp3) is 0.333. The third-order valence-electron chi connectivity index (χ3n) is 4.74. The minimum atomic E-state index is -0.509. The maximum absolute atomic E-state index is 12.9. The second-order valence-corrected chi connectivity index (χ2v) is 6.87. The van der Waals surface area contributed by atoms with Crippen molar-refractivity contribution in [2.75, 3.05) is 36.5 Å². The van der Waals surface area contributed by atoms with Crippen LogP contribution in [-0.4, -0.2) is 43.0 Å². The van der Waals surface area contributed by atoms with E-state index in [0.29, 0.717) is 23.7 Å². The molecule has 1 saturated heterocycles. The molecule has 9 heteroatoms. The molecule has 1 fully saturated rings. The average Bonchev–Trinajstić information content (AvgIpc) is 3.27. The Hall–Kier alpha value is -3.62. The maximum atomic E-state index is 12.9. The fourth-order valence-corrected chi connectivity index (χ4v) is 3.28. The Morgan fingerprint density at radius 2 is 1.83 bits per heavy atom. The highest BCUT2D eigenvalue weighted by Gasteiger charge is 2.22. The van der Waals surface area contributed by atoms with Crippen molar-refractivity contribution in [2.24, 2.45) is 0 Å². The Balaban J connectivity index is 1.72. The van der Waals surface area contributed by atoms with Gasteiger partial charge in [-0.15, -0.1) is 0 Å². The number of carbonyl (C=O) groups excluding carboxylic acids is 2. The van der Waals surface area contributed by atoms with Gasteiger partial charge in [-0.3, -0.25) is 19.7 Å². The van der Waals surface area contributed by atoms with Crippen molar-refractivity contribution < 1.29 is 19.2 Å². The van der Waals surface area contributed by atoms with Crippen LogP contribution in [-0.2, 0) is 4.79 Å². The van der Waals surface area contributed by atoms with Gasteiger partial charge >= 0.3 is 0 Å². The van der Waals surface area contributed by atoms with E-state index in [1.165, 1.54) is 12.1 Å². The molecule has 1 aliphatic heterocycles. The van der Waals surface area contributed by atoms with E-state index in [-0.39, 0.29) is 23.8 Å². The van der Waals surface area contributed by atoms with Crippen LogP contribution in [0.15, 0.2) is 42.5 Å². The summed E-state index contributed by atoms with van der Waals surface area (Å²) < 4.78 is 5.39. The van der Waals surface area contributed by atoms with E-state index >= 15 is 0 Å². The number of hydrogen-bond acceptors (Lipinski definition) is 6. The first-order valence-corrected chi connectivity index (χ1v) is 9.82. The van der Waals surface area contributed by atoms with Crippen LogP contribution in [0.3, 0.4) is 0 Å². The van der Waals surface area contributed by atoms with Crippen LogP contribution in [0.25, 0.3) is 0 Å². The Kier molecular flexibility index (Phi) is 6.84. The SMILES string of the molecule is CCNC(=O)COc1ccc(NC(=O)c2cc([N+](=O)[O-])ccc2N2CCCC2)cc1. The van der Waals surface area contributed by atoms with Gasteiger partial charge in [0.2, 0.25) is 0 Å². The second-order valence-electron chi connectivity index (χ2n) is 6.87. The summed E-state index contributed by atoms with van der Waals surface area (Å²) in [6.07, 6.45) is 2.05. The first-order valence-electron chi connectivity index (χ1n) is 9.82. The predicted molar refractivity (Wildman–Crippen MR) is 113 cm³/mol. The van der Waals surface area contributed by atoms with Crippen molar-refractivity contribution in [3.05, 3.63) is 58.1 Å². The summed E-state index contributed by atoms with van der Waals surface area (Å²) in [4.78, 5) is 37.1. The van der Waals surface area contributed by atoms with E-state index in [2.05, 4.69) is 15.5 Å². The highest BCUT2D eigenvalue weighted by atomic mass is 16.6. The Morgan fingerprint density at radius 3 is 2.47 bits per heavy atom. The molecule has 2 N–H and O–H groups in total. The van der Waals surface area contributed by atoms with Crippen molar-refractivity contribution in [1.82, 2.24) is 5.32 Å². The molecule has 2 amide bonds. The predicted octanol–water partition coefficient (Wildman–Crippen LogP) is 2.96. The number of benzene rings is 2. The molecule has 0 radical (unpaired) electrons. The zero-order chi connectivity index (χ0) is 21.5. The number of hydrogen-bond donors (Lipinski definition) is 2. The molecule has 0 atom stereocenters. The molecule has 0 aromatic heterocycles. The van der Waals surface area contributed by atoms with E-state index in [1.807, 2.05) is 6.92 Å². The van der Waals surface area contributed by atoms with Gasteiger partial charge in [0.25, 0.3) is 17.5 Å². The van der Waals surface area contributed by atoms with Crippen molar-refractivity contribution >= 4 is 28.9 Å². The normalized spacial score (nSPS) is 13.0. The lowest BCUT2D eigenvalue weighted by atomic mass is 10.1. The van der Waals surface area contributed by atoms with E-state index < -0.39 is 10.8 Å². The molecule has 3 rings (SSSR count). The van der Waals surface area contributed by atoms with Crippen molar-refractivity contribution in [3.63, 3.8) is 0 Å². The standard InChI is InChI=1S/C21H24N4O5/c1-2-22-20(26)14-30-17-8-5-15(6-9-17)23-21(27)18-13-16(25(28)29)7-10-19(18)24-11-3-4-12-24/h5-10,13H,2-4,11-12,14H2,1H3,(H,22,26)(H,23,27). The van der Waals surface area contributed by atoms with Gasteiger partial charge in [-0.2, -0.15) is 0 Å². The van der Waals surface area contributed by atoms with Crippen LogP contribution in [0.2, 0.25) is 0 Å². The molecule has 1 heterocycles. The van der Waals surface area contributed by atoms with Crippen LogP contribution in [0.4, 0.5) is 17.1 Å². The monoisotopic (exact) mass is 412 g/mol. The molecular formula is C21H24N4O5. The number of non-ortho nitro benzene ring substituents is 1. The summed E-state index contributed by atoms with van der Waals surface area (Å²) in [5, 5.41) is 16.6. The quantitative estimate of drug-likeness (QED) is 0.509. The number of nitrogens with zero attached hydrogens (tertiary/aromatic N) is 2. The highest BCUT2D eigenvalue weighted by molar-refractivity contribution is 6.08. The number of nitrogens with one attached hydrogen (secondary N) is 2. The molecule has 0 bridgehead atoms. The van der Waals surface area contributed by atoms with Gasteiger partial charge in [0, 0.05) is 37.5 Å². The van der Waals surface area contributed by atoms with Crippen LogP contribution < -0.4 is 20.3 Å². The summed E-state index contributed by atoms with van der Waals surface area (Å²) >= 11 is 0. The molecule has 158 valence electrons. The number of rotatable bonds is 8. The van der Waals surface area contributed by atoms with Gasteiger partial charge in [0.05, 0.1) is 16.2 Å². The Morgan fingerprint density at radius 1 is 1.13 bits per heavy atom. The fourth-order valence-electron chi connectivity index (χ4n) is 3.28. The third-order valence-corrected chi connectivity index (χ3v) is 4.74. The van der Waals surface area contributed by atoms with Gasteiger partial charge in [0.15, 0.2) is 6.61 Å². The van der Waals surface area contributed by atoms with Crippen LogP contribution in [0.5, 0.6) is 5.75 Å². The number of carbonyl (C=O) groups is 2. The highest BCUT2D eigenvalue weighted by Crippen LogP contribution is 2.29. The molecule has 0 saturated carbocycles. The maximum Gasteiger partial charge on any atom is 0.270 e. The molecule has 30 heavy (non-hydrogen) atoms. The van der Waals surface area contributed by atoms with Gasteiger partial charge in [-0.1, -0.05) is 0 Å². The molecule has 0 spiro atoms. The molecule has 0 aliphatic carbocycles. The van der Waals surface area contributed by atoms with Gasteiger partial charge < -0.3 is 20.3 Å². The summed E-state index contributed by atoms with van der Waals surface area (Å²) in [6, 6.07) is 11.0. The second kappa shape index (κ2) is 9.73. The number of nitro groups is 1. The largest absolute Gasteiger partial charge is 0.484 e. The van der Waals surface area contributed by atoms with Crippen LogP contribution >= 0.6 is 0 Å². The third kappa shape index (κ3) is 5.25. The molecule has 2 aromatic rings. The molecule has 0 unspecified atom stereocenters. The van der Waals surface area contributed by atoms with Crippen LogP contribution in [0, 0.1) is 10.1 Å². The van der Waals surface area contributed by atoms with Crippen LogP contribution in [0.1, 0.15) is 30.1 Å². The molecule has 9 nitrogen and oxygen atoms in total. The minimum Gasteiger partial charge on any atom is -0.484 e. The zero-order valence-corrected chi connectivity index (χ0v) is 16.7. The molecular weight excluding hydrogens is 388 g/mol. The topological polar surface area (TPSA) is 114 Å². The average molecular weight is 412 g/mol. The van der Waals surface area contributed by atoms with Crippen molar-refractivity contribution in [2.45, 2.75) is 19.8 Å². The number of ether oxygens (including phenoxy) is 1. The number of anilines is 2. The first kappa shape index (κ1) is 21.1. The van der Waals surface area contributed by atoms with E-state index in [4.69, 9.17) is 4.74 Å². The Bertz CT molecular complexity index is 923. The Labute approximate surface area is 174 Å². The molecule has 2 aromatic carbocycles. The van der Waals surface area contributed by atoms with Gasteiger partial charge in [-0.25, -0.2) is 0 Å². The first-order chi connectivity index (χ1) is 14.5. The van der Waals surface area contributed by atoms with E-state index in [1.54, 1.807) is 30.3 Å². The number of likely N-dealkylation sites (N-methyl/N-ethyl adjacent to an activating group) is 1. The lowest BCUT2D eigenvalue weighted by Gasteiger charge is -2.21. The smallest absolute Gasteiger partial charge is 0.270 e. The zero-order valence-electron chi connectivity index (χ0n) is 16.7. The number of amides is 2. The van der Waals surface area contributed by atoms with Gasteiger partial charge in [-0.05, 0) is 50.1 Å². The van der Waals surface area contributed by atoms with E-state index in [9.17, 15) is 19.7 Å². The molecule has 1 aliphatic rings. The summed E-state index contributed by atoms with van der Waals surface area (Å²) in [7, 11) is 0. The van der Waals surface area contributed by atoms with E-state index in [0.717, 1.165) is 25.9 Å². The van der Waals surface area contributed by atoms with Crippen molar-refractivity contribution in [3.8, 4) is 5.75 Å². The summed E-state index contributed by atoms with van der Waals surface area (Å²) in [5.41, 5.74) is 1.35.